The fourth-order valence-corrected chi connectivity index (χ4v) is 9.45. The summed E-state index contributed by atoms with van der Waals surface area (Å²) in [5.41, 5.74) is -1.10. The van der Waals surface area contributed by atoms with Gasteiger partial charge in [0.2, 0.25) is 0 Å². The van der Waals surface area contributed by atoms with Gasteiger partial charge in [-0.3, -0.25) is 14.3 Å². The topological polar surface area (TPSA) is 64.1 Å². The van der Waals surface area contributed by atoms with E-state index in [4.69, 9.17) is 4.43 Å². The maximum atomic E-state index is 14.9. The molecule has 0 fully saturated rings. The molecule has 1 N–H and O–H groups in total. The van der Waals surface area contributed by atoms with E-state index in [0.29, 0.717) is 13.0 Å². The molecule has 4 rings (SSSR count). The smallest absolute Gasteiger partial charge is 0.328 e. The summed E-state index contributed by atoms with van der Waals surface area (Å²) < 4.78 is 23.0. The average molecular weight is 465 g/mol. The number of nitrogens with zero attached hydrogens (tertiary/aromatic N) is 1. The SMILES string of the molecule is CC(C)(C)[Si](OC[C@@H]1C=C(F)[C@H](n2ccc(=O)[nH]c2=O)C1)(c1ccccc1)c1ccccc1. The number of allylic oxidation sites excluding steroid dienone is 1. The molecular formula is C26H29FN2O3Si. The highest BCUT2D eigenvalue weighted by Crippen LogP contribution is 2.39. The Morgan fingerprint density at radius 1 is 1.00 bits per heavy atom. The first-order valence-corrected chi connectivity index (χ1v) is 13.1. The minimum atomic E-state index is -2.73. The average Bonchev–Trinajstić information content (AvgIpc) is 3.15. The molecule has 5 nitrogen and oxygen atoms in total. The first-order chi connectivity index (χ1) is 15.7. The molecule has 0 saturated carbocycles. The molecule has 1 aromatic heterocycles. The molecule has 1 aliphatic carbocycles. The minimum Gasteiger partial charge on any atom is -0.407 e. The summed E-state index contributed by atoms with van der Waals surface area (Å²) >= 11 is 0. The normalized spacial score (nSPS) is 18.8. The van der Waals surface area contributed by atoms with E-state index in [-0.39, 0.29) is 16.8 Å². The van der Waals surface area contributed by atoms with E-state index < -0.39 is 25.6 Å². The Morgan fingerprint density at radius 3 is 2.09 bits per heavy atom. The van der Waals surface area contributed by atoms with Gasteiger partial charge in [0.05, 0.1) is 6.04 Å². The van der Waals surface area contributed by atoms with E-state index in [2.05, 4.69) is 50.0 Å². The zero-order valence-corrected chi connectivity index (χ0v) is 20.1. The van der Waals surface area contributed by atoms with Crippen molar-refractivity contribution in [2.45, 2.75) is 38.3 Å². The molecule has 0 aliphatic heterocycles. The molecule has 3 aromatic rings. The third-order valence-electron chi connectivity index (χ3n) is 6.36. The molecule has 0 spiro atoms. The van der Waals surface area contributed by atoms with Gasteiger partial charge in [-0.15, -0.1) is 0 Å². The van der Waals surface area contributed by atoms with Gasteiger partial charge in [-0.2, -0.15) is 0 Å². The van der Waals surface area contributed by atoms with E-state index in [1.54, 1.807) is 6.08 Å². The molecule has 172 valence electrons. The Kier molecular flexibility index (Phi) is 6.36. The number of H-pyrrole nitrogens is 1. The first-order valence-electron chi connectivity index (χ1n) is 11.2. The molecule has 0 amide bonds. The van der Waals surface area contributed by atoms with Crippen LogP contribution in [0.3, 0.4) is 0 Å². The largest absolute Gasteiger partial charge is 0.407 e. The second-order valence-corrected chi connectivity index (χ2v) is 13.9. The second kappa shape index (κ2) is 9.07. The number of aromatic amines is 1. The van der Waals surface area contributed by atoms with E-state index >= 15 is 0 Å². The monoisotopic (exact) mass is 464 g/mol. The van der Waals surface area contributed by atoms with Gasteiger partial charge in [0.25, 0.3) is 13.9 Å². The van der Waals surface area contributed by atoms with Crippen LogP contribution in [0.5, 0.6) is 0 Å². The lowest BCUT2D eigenvalue weighted by Crippen LogP contribution is -2.66. The number of halogens is 1. The summed E-state index contributed by atoms with van der Waals surface area (Å²) in [6.07, 6.45) is 3.31. The molecule has 0 bridgehead atoms. The Balaban J connectivity index is 1.66. The van der Waals surface area contributed by atoms with Crippen molar-refractivity contribution in [1.82, 2.24) is 9.55 Å². The maximum Gasteiger partial charge on any atom is 0.328 e. The number of rotatable bonds is 6. The Morgan fingerprint density at radius 2 is 1.58 bits per heavy atom. The molecule has 2 atom stereocenters. The maximum absolute atomic E-state index is 14.9. The predicted octanol–water partition coefficient (Wildman–Crippen LogP) is 3.53. The quantitative estimate of drug-likeness (QED) is 0.568. The second-order valence-electron chi connectivity index (χ2n) is 9.55. The van der Waals surface area contributed by atoms with Gasteiger partial charge >= 0.3 is 5.69 Å². The van der Waals surface area contributed by atoms with E-state index in [1.807, 2.05) is 36.4 Å². The lowest BCUT2D eigenvalue weighted by atomic mass is 10.1. The van der Waals surface area contributed by atoms with Gasteiger partial charge in [-0.25, -0.2) is 9.18 Å². The summed E-state index contributed by atoms with van der Waals surface area (Å²) in [6.45, 7) is 6.95. The molecule has 1 heterocycles. The number of benzene rings is 2. The molecule has 0 unspecified atom stereocenters. The Hall–Kier alpha value is -3.03. The number of hydrogen-bond acceptors (Lipinski definition) is 3. The molecule has 1 aliphatic rings. The van der Waals surface area contributed by atoms with Gasteiger partial charge < -0.3 is 4.43 Å². The van der Waals surface area contributed by atoms with E-state index in [9.17, 15) is 14.0 Å². The number of hydrogen-bond donors (Lipinski definition) is 1. The van der Waals surface area contributed by atoms with Crippen LogP contribution in [-0.2, 0) is 4.43 Å². The van der Waals surface area contributed by atoms with Crippen LogP contribution in [-0.4, -0.2) is 24.5 Å². The summed E-state index contributed by atoms with van der Waals surface area (Å²) in [6, 6.07) is 21.1. The van der Waals surface area contributed by atoms with Gasteiger partial charge in [-0.05, 0) is 27.9 Å². The number of aromatic nitrogens is 2. The first kappa shape index (κ1) is 23.1. The highest BCUT2D eigenvalue weighted by Gasteiger charge is 2.50. The molecule has 2 aromatic carbocycles. The third-order valence-corrected chi connectivity index (χ3v) is 11.4. The lowest BCUT2D eigenvalue weighted by molar-refractivity contribution is 0.249. The van der Waals surface area contributed by atoms with Crippen molar-refractivity contribution in [3.05, 3.63) is 106 Å². The van der Waals surface area contributed by atoms with E-state index in [0.717, 1.165) is 0 Å². The highest BCUT2D eigenvalue weighted by molar-refractivity contribution is 6.99. The van der Waals surface area contributed by atoms with Crippen molar-refractivity contribution in [2.24, 2.45) is 5.92 Å². The van der Waals surface area contributed by atoms with Gasteiger partial charge in [0.15, 0.2) is 0 Å². The molecule has 0 radical (unpaired) electrons. The van der Waals surface area contributed by atoms with Crippen LogP contribution in [0.15, 0.2) is 94.4 Å². The van der Waals surface area contributed by atoms with Crippen molar-refractivity contribution < 1.29 is 8.82 Å². The Labute approximate surface area is 193 Å². The Bertz CT molecular complexity index is 1210. The van der Waals surface area contributed by atoms with Crippen LogP contribution >= 0.6 is 0 Å². The van der Waals surface area contributed by atoms with Crippen molar-refractivity contribution in [3.8, 4) is 0 Å². The van der Waals surface area contributed by atoms with Crippen molar-refractivity contribution in [1.29, 1.82) is 0 Å². The van der Waals surface area contributed by atoms with E-state index in [1.165, 1.54) is 27.2 Å². The highest BCUT2D eigenvalue weighted by atomic mass is 28.4. The van der Waals surface area contributed by atoms with Gasteiger partial charge in [0.1, 0.15) is 5.83 Å². The predicted molar refractivity (Wildman–Crippen MR) is 131 cm³/mol. The minimum absolute atomic E-state index is 0.175. The van der Waals surface area contributed by atoms with Gasteiger partial charge in [0, 0.05) is 24.8 Å². The summed E-state index contributed by atoms with van der Waals surface area (Å²) in [7, 11) is -2.73. The zero-order valence-electron chi connectivity index (χ0n) is 19.1. The van der Waals surface area contributed by atoms with Crippen LogP contribution in [0.2, 0.25) is 5.04 Å². The standard InChI is InChI=1S/C26H29FN2O3Si/c1-26(2,3)33(20-10-6-4-7-11-20,21-12-8-5-9-13-21)32-18-19-16-22(27)23(17-19)29-15-14-24(30)28-25(29)31/h4-16,19,23H,17-18H2,1-3H3,(H,28,30,31)/t19-,23-/m1/s1. The van der Waals surface area contributed by atoms with Crippen molar-refractivity contribution in [2.75, 3.05) is 6.61 Å². The molecule has 0 saturated heterocycles. The molecular weight excluding hydrogens is 435 g/mol. The third kappa shape index (κ3) is 4.43. The van der Waals surface area contributed by atoms with Gasteiger partial charge in [-0.1, -0.05) is 81.4 Å². The summed E-state index contributed by atoms with van der Waals surface area (Å²) in [4.78, 5) is 25.8. The van der Waals surface area contributed by atoms with Crippen molar-refractivity contribution >= 4 is 18.7 Å². The summed E-state index contributed by atoms with van der Waals surface area (Å²) in [5.74, 6) is -0.560. The fourth-order valence-electron chi connectivity index (χ4n) is 4.83. The molecule has 7 heteroatoms. The zero-order chi connectivity index (χ0) is 23.6. The lowest BCUT2D eigenvalue weighted by Gasteiger charge is -2.43. The van der Waals surface area contributed by atoms with Crippen molar-refractivity contribution in [3.63, 3.8) is 0 Å². The van der Waals surface area contributed by atoms with Crippen LogP contribution in [0, 0.1) is 5.92 Å². The van der Waals surface area contributed by atoms with Crippen LogP contribution in [0.1, 0.15) is 33.2 Å². The van der Waals surface area contributed by atoms with Crippen LogP contribution < -0.4 is 21.6 Å². The van der Waals surface area contributed by atoms with Crippen LogP contribution in [0.25, 0.3) is 0 Å². The summed E-state index contributed by atoms with van der Waals surface area (Å²) in [5, 5.41) is 2.16. The fraction of sp³-hybridized carbons (Fsp3) is 0.308. The number of nitrogens with one attached hydrogen (secondary N) is 1. The van der Waals surface area contributed by atoms with Crippen LogP contribution in [0.4, 0.5) is 4.39 Å². The molecule has 33 heavy (non-hydrogen) atoms.